The number of hydrogen-bond donors (Lipinski definition) is 2. The highest BCUT2D eigenvalue weighted by Crippen LogP contribution is 2.37. The van der Waals surface area contributed by atoms with Crippen molar-refractivity contribution in [3.8, 4) is 22.8 Å². The average molecular weight is 444 g/mol. The largest absolute Gasteiger partial charge is 0.496 e. The zero-order valence-corrected chi connectivity index (χ0v) is 19.9. The second-order valence-corrected chi connectivity index (χ2v) is 8.53. The molecule has 0 saturated heterocycles. The van der Waals surface area contributed by atoms with Gasteiger partial charge in [0.2, 0.25) is 0 Å². The van der Waals surface area contributed by atoms with E-state index < -0.39 is 0 Å². The summed E-state index contributed by atoms with van der Waals surface area (Å²) in [6.45, 7) is 8.55. The van der Waals surface area contributed by atoms with Gasteiger partial charge in [-0.2, -0.15) is 0 Å². The number of benzene rings is 2. The maximum absolute atomic E-state index is 10.7. The minimum atomic E-state index is 0.0822. The number of aryl methyl sites for hydroxylation is 1. The van der Waals surface area contributed by atoms with Crippen LogP contribution in [0.25, 0.3) is 28.1 Å². The number of H-pyrrole nitrogens is 1. The first-order valence-corrected chi connectivity index (χ1v) is 11.7. The number of aromatic nitrogens is 1. The number of methoxy groups -OCH3 is 1. The first-order valence-electron chi connectivity index (χ1n) is 11.7. The molecule has 1 aromatic heterocycles. The Bertz CT molecular complexity index is 1200. The molecule has 0 radical (unpaired) electrons. The summed E-state index contributed by atoms with van der Waals surface area (Å²) in [4.78, 5) is 10.3. The van der Waals surface area contributed by atoms with Crippen molar-refractivity contribution in [3.63, 3.8) is 0 Å². The number of fused-ring (bicyclic) bond motifs is 1. The van der Waals surface area contributed by atoms with E-state index in [9.17, 15) is 5.11 Å². The summed E-state index contributed by atoms with van der Waals surface area (Å²) in [7, 11) is 1.69. The molecule has 5 heteroatoms. The van der Waals surface area contributed by atoms with Crippen LogP contribution in [-0.4, -0.2) is 47.6 Å². The zero-order chi connectivity index (χ0) is 23.4. The third-order valence-corrected chi connectivity index (χ3v) is 6.10. The second-order valence-electron chi connectivity index (χ2n) is 8.53. The average Bonchev–Trinajstić information content (AvgIpc) is 3.13. The fourth-order valence-corrected chi connectivity index (χ4v) is 4.55. The van der Waals surface area contributed by atoms with Crippen LogP contribution in [0, 0.1) is 6.92 Å². The number of nitrogens with zero attached hydrogens (tertiary/aromatic N) is 2. The van der Waals surface area contributed by atoms with Crippen molar-refractivity contribution in [3.05, 3.63) is 65.3 Å². The normalized spacial score (nSPS) is 16.9. The number of aromatic amines is 1. The van der Waals surface area contributed by atoms with Gasteiger partial charge in [-0.15, -0.1) is 0 Å². The van der Waals surface area contributed by atoms with Gasteiger partial charge in [-0.1, -0.05) is 38.1 Å². The van der Waals surface area contributed by atoms with Crippen molar-refractivity contribution in [1.29, 1.82) is 0 Å². The van der Waals surface area contributed by atoms with Gasteiger partial charge >= 0.3 is 0 Å². The molecule has 0 bridgehead atoms. The fourth-order valence-electron chi connectivity index (χ4n) is 4.55. The summed E-state index contributed by atoms with van der Waals surface area (Å²) in [6.07, 6.45) is 10.5. The second kappa shape index (κ2) is 10.1. The quantitative estimate of drug-likeness (QED) is 0.428. The molecule has 0 spiro atoms. The minimum Gasteiger partial charge on any atom is -0.496 e. The third kappa shape index (κ3) is 4.74. The lowest BCUT2D eigenvalue weighted by molar-refractivity contribution is 0.235. The molecule has 172 valence electrons. The van der Waals surface area contributed by atoms with Gasteiger partial charge in [0, 0.05) is 41.3 Å². The van der Waals surface area contributed by atoms with Crippen LogP contribution in [0.5, 0.6) is 11.6 Å². The molecular weight excluding hydrogens is 410 g/mol. The molecule has 3 aromatic rings. The van der Waals surface area contributed by atoms with E-state index in [2.05, 4.69) is 61.0 Å². The molecule has 2 heterocycles. The Morgan fingerprint density at radius 2 is 1.94 bits per heavy atom. The van der Waals surface area contributed by atoms with E-state index in [1.807, 2.05) is 30.5 Å². The van der Waals surface area contributed by atoms with E-state index in [4.69, 9.17) is 9.73 Å². The smallest absolute Gasteiger partial charge is 0.196 e. The van der Waals surface area contributed by atoms with Crippen molar-refractivity contribution in [1.82, 2.24) is 9.88 Å². The fraction of sp³-hybridized carbons (Fsp3) is 0.321. The van der Waals surface area contributed by atoms with Gasteiger partial charge in [-0.25, -0.2) is 0 Å². The molecule has 1 aliphatic heterocycles. The van der Waals surface area contributed by atoms with Crippen LogP contribution >= 0.6 is 0 Å². The van der Waals surface area contributed by atoms with E-state index in [-0.39, 0.29) is 12.0 Å². The van der Waals surface area contributed by atoms with Gasteiger partial charge in [0.25, 0.3) is 0 Å². The Kier molecular flexibility index (Phi) is 6.99. The number of ether oxygens (including phenoxy) is 1. The van der Waals surface area contributed by atoms with Crippen molar-refractivity contribution in [2.75, 3.05) is 20.2 Å². The summed E-state index contributed by atoms with van der Waals surface area (Å²) < 4.78 is 5.61. The maximum atomic E-state index is 10.7. The topological polar surface area (TPSA) is 60.8 Å². The molecule has 1 atom stereocenters. The lowest BCUT2D eigenvalue weighted by Gasteiger charge is -2.27. The van der Waals surface area contributed by atoms with Gasteiger partial charge < -0.3 is 14.8 Å². The predicted molar refractivity (Wildman–Crippen MR) is 138 cm³/mol. The van der Waals surface area contributed by atoms with E-state index in [0.717, 1.165) is 70.4 Å². The number of nitrogens with one attached hydrogen (secondary N) is 1. The highest BCUT2D eigenvalue weighted by atomic mass is 16.5. The lowest BCUT2D eigenvalue weighted by Crippen LogP contribution is -2.34. The number of allylic oxidation sites excluding steroid dienone is 2. The third-order valence-electron chi connectivity index (χ3n) is 6.10. The molecule has 2 aromatic carbocycles. The van der Waals surface area contributed by atoms with Crippen molar-refractivity contribution >= 4 is 23.2 Å². The number of hydrogen-bond acceptors (Lipinski definition) is 4. The Labute approximate surface area is 196 Å². The monoisotopic (exact) mass is 443 g/mol. The molecule has 4 rings (SSSR count). The van der Waals surface area contributed by atoms with Gasteiger partial charge in [0.15, 0.2) is 5.88 Å². The first kappa shape index (κ1) is 22.9. The van der Waals surface area contributed by atoms with Crippen molar-refractivity contribution in [2.45, 2.75) is 39.8 Å². The van der Waals surface area contributed by atoms with Crippen LogP contribution in [-0.2, 0) is 0 Å². The van der Waals surface area contributed by atoms with Gasteiger partial charge in [-0.05, 0) is 66.8 Å². The van der Waals surface area contributed by atoms with E-state index in [1.165, 1.54) is 0 Å². The summed E-state index contributed by atoms with van der Waals surface area (Å²) in [5.41, 5.74) is 5.89. The molecule has 1 aliphatic rings. The summed E-state index contributed by atoms with van der Waals surface area (Å²) in [5, 5.41) is 11.6. The van der Waals surface area contributed by atoms with E-state index in [1.54, 1.807) is 7.11 Å². The molecule has 1 unspecified atom stereocenters. The number of aromatic hydroxyl groups is 1. The highest BCUT2D eigenvalue weighted by Gasteiger charge is 2.17. The van der Waals surface area contributed by atoms with Crippen molar-refractivity contribution in [2.24, 2.45) is 4.99 Å². The molecule has 0 saturated carbocycles. The SMILES string of the molecule is CCCN(CCC)C1C=C/C(=C/c2c(O)[nH]c3ccc(-c4c(C)cccc4OC)cc23)C=N1. The number of rotatable bonds is 8. The van der Waals surface area contributed by atoms with Crippen LogP contribution < -0.4 is 4.74 Å². The van der Waals surface area contributed by atoms with Crippen LogP contribution in [0.4, 0.5) is 0 Å². The van der Waals surface area contributed by atoms with E-state index >= 15 is 0 Å². The Morgan fingerprint density at radius 3 is 2.61 bits per heavy atom. The van der Waals surface area contributed by atoms with Crippen molar-refractivity contribution < 1.29 is 9.84 Å². The minimum absolute atomic E-state index is 0.0822. The molecule has 5 nitrogen and oxygen atoms in total. The first-order chi connectivity index (χ1) is 16.0. The molecule has 2 N–H and O–H groups in total. The molecular formula is C28H33N3O2. The lowest BCUT2D eigenvalue weighted by atomic mass is 9.97. The molecule has 0 aliphatic carbocycles. The van der Waals surface area contributed by atoms with E-state index in [0.29, 0.717) is 0 Å². The van der Waals surface area contributed by atoms with Crippen LogP contribution in [0.1, 0.15) is 37.8 Å². The Balaban J connectivity index is 1.69. The van der Waals surface area contributed by atoms with Crippen LogP contribution in [0.3, 0.4) is 0 Å². The molecule has 0 fully saturated rings. The van der Waals surface area contributed by atoms with Crippen LogP contribution in [0.15, 0.2) is 59.1 Å². The zero-order valence-electron chi connectivity index (χ0n) is 19.9. The summed E-state index contributed by atoms with van der Waals surface area (Å²) in [5.74, 6) is 1.00. The molecule has 0 amide bonds. The van der Waals surface area contributed by atoms with Crippen LogP contribution in [0.2, 0.25) is 0 Å². The highest BCUT2D eigenvalue weighted by molar-refractivity contribution is 6.00. The van der Waals surface area contributed by atoms with Gasteiger partial charge in [0.05, 0.1) is 7.11 Å². The maximum Gasteiger partial charge on any atom is 0.196 e. The van der Waals surface area contributed by atoms with Gasteiger partial charge in [-0.3, -0.25) is 9.89 Å². The number of aliphatic imine (C=N–C) groups is 1. The van der Waals surface area contributed by atoms with Gasteiger partial charge in [0.1, 0.15) is 11.9 Å². The standard InChI is InChI=1S/C28H33N3O2/c1-5-14-31(15-6-2)26-13-10-20(18-29-26)16-23-22-17-21(11-12-24(22)30-28(23)32)27-19(3)8-7-9-25(27)33-4/h7-13,16-18,26,30,32H,5-6,14-15H2,1-4H3/b20-16-. The predicted octanol–water partition coefficient (Wildman–Crippen LogP) is 6.33. The Morgan fingerprint density at radius 1 is 1.15 bits per heavy atom. The summed E-state index contributed by atoms with van der Waals surface area (Å²) in [6, 6.07) is 12.2. The summed E-state index contributed by atoms with van der Waals surface area (Å²) >= 11 is 0. The number of dihydropyridines is 1. The Hall–Kier alpha value is -3.31. The molecule has 33 heavy (non-hydrogen) atoms.